The second-order valence-corrected chi connectivity index (χ2v) is 1.97. The maximum absolute atomic E-state index is 10.5. The van der Waals surface area contributed by atoms with Gasteiger partial charge in [0.05, 0.1) is 6.61 Å². The molecule has 0 aromatic heterocycles. The summed E-state index contributed by atoms with van der Waals surface area (Å²) in [6.45, 7) is -0.221. The maximum Gasteiger partial charge on any atom is 0.220 e. The van der Waals surface area contributed by atoms with Crippen LogP contribution in [0.2, 0.25) is 0 Å². The zero-order valence-electron chi connectivity index (χ0n) is 5.23. The van der Waals surface area contributed by atoms with Crippen LogP contribution in [0.3, 0.4) is 0 Å². The Bertz CT molecular complexity index is 163. The van der Waals surface area contributed by atoms with Gasteiger partial charge in [-0.25, -0.2) is 0 Å². The Kier molecular flexibility index (Phi) is 2.16. The van der Waals surface area contributed by atoms with E-state index >= 15 is 0 Å². The van der Waals surface area contributed by atoms with Crippen molar-refractivity contribution in [3.05, 3.63) is 12.2 Å². The van der Waals surface area contributed by atoms with Gasteiger partial charge >= 0.3 is 0 Å². The molecular formula is C6H8O4. The topological polar surface area (TPSA) is 66.8 Å². The Morgan fingerprint density at radius 1 is 1.70 bits per heavy atom. The van der Waals surface area contributed by atoms with Gasteiger partial charge in [-0.05, 0) is 12.2 Å². The van der Waals surface area contributed by atoms with E-state index in [1.807, 2.05) is 0 Å². The third-order valence-electron chi connectivity index (χ3n) is 1.20. The minimum Gasteiger partial charge on any atom is -0.393 e. The molecule has 0 aromatic rings. The predicted molar refractivity (Wildman–Crippen MR) is 32.1 cm³/mol. The van der Waals surface area contributed by atoms with E-state index in [9.17, 15) is 4.79 Å². The number of aliphatic hydroxyl groups excluding tert-OH is 2. The summed E-state index contributed by atoms with van der Waals surface area (Å²) in [6.07, 6.45) is 0.666. The van der Waals surface area contributed by atoms with Crippen LogP contribution < -0.4 is 0 Å². The van der Waals surface area contributed by atoms with Crippen LogP contribution in [-0.2, 0) is 9.53 Å². The lowest BCUT2D eigenvalue weighted by Gasteiger charge is -2.18. The van der Waals surface area contributed by atoms with Crippen LogP contribution >= 0.6 is 0 Å². The Hall–Kier alpha value is -0.710. The molecule has 0 radical (unpaired) electrons. The van der Waals surface area contributed by atoms with Crippen LogP contribution in [-0.4, -0.2) is 35.0 Å². The summed E-state index contributed by atoms with van der Waals surface area (Å²) in [5, 5.41) is 17.2. The van der Waals surface area contributed by atoms with Gasteiger partial charge in [0.1, 0.15) is 6.10 Å². The highest BCUT2D eigenvalue weighted by molar-refractivity contribution is 5.93. The standard InChI is InChI=1S/C6H8O4/c7-3-4-1-2-5(8)6(9)10-4/h1-2,4,6-7,9H,3H2/t4-,6+/m0/s1. The highest BCUT2D eigenvalue weighted by Crippen LogP contribution is 2.05. The molecule has 0 saturated heterocycles. The van der Waals surface area contributed by atoms with E-state index in [0.717, 1.165) is 0 Å². The average Bonchev–Trinajstić information content (AvgIpc) is 1.95. The van der Waals surface area contributed by atoms with Gasteiger partial charge in [0.25, 0.3) is 0 Å². The molecule has 1 rings (SSSR count). The molecular weight excluding hydrogens is 136 g/mol. The number of hydrogen-bond donors (Lipinski definition) is 2. The minimum absolute atomic E-state index is 0.221. The summed E-state index contributed by atoms with van der Waals surface area (Å²) in [7, 11) is 0. The molecule has 10 heavy (non-hydrogen) atoms. The number of ketones is 1. The van der Waals surface area contributed by atoms with Gasteiger partial charge in [-0.2, -0.15) is 0 Å². The Morgan fingerprint density at radius 3 is 2.90 bits per heavy atom. The van der Waals surface area contributed by atoms with E-state index in [1.165, 1.54) is 12.2 Å². The Balaban J connectivity index is 2.59. The smallest absolute Gasteiger partial charge is 0.220 e. The third kappa shape index (κ3) is 1.41. The van der Waals surface area contributed by atoms with Crippen LogP contribution in [0.25, 0.3) is 0 Å². The van der Waals surface area contributed by atoms with Crippen LogP contribution in [0.15, 0.2) is 12.2 Å². The van der Waals surface area contributed by atoms with Gasteiger partial charge in [0.15, 0.2) is 0 Å². The first-order chi connectivity index (χ1) is 4.74. The van der Waals surface area contributed by atoms with Crippen molar-refractivity contribution in [3.8, 4) is 0 Å². The molecule has 0 aromatic carbocycles. The van der Waals surface area contributed by atoms with Crippen molar-refractivity contribution in [3.63, 3.8) is 0 Å². The molecule has 4 heteroatoms. The molecule has 2 N–H and O–H groups in total. The highest BCUT2D eigenvalue weighted by Gasteiger charge is 2.21. The summed E-state index contributed by atoms with van der Waals surface area (Å²) < 4.78 is 4.62. The molecule has 0 amide bonds. The predicted octanol–water partition coefficient (Wildman–Crippen LogP) is -1.18. The first kappa shape index (κ1) is 7.40. The fraction of sp³-hybridized carbons (Fsp3) is 0.500. The van der Waals surface area contributed by atoms with Gasteiger partial charge in [-0.3, -0.25) is 4.79 Å². The lowest BCUT2D eigenvalue weighted by atomic mass is 10.2. The summed E-state index contributed by atoms with van der Waals surface area (Å²) in [6, 6.07) is 0. The van der Waals surface area contributed by atoms with Crippen molar-refractivity contribution in [2.24, 2.45) is 0 Å². The second-order valence-electron chi connectivity index (χ2n) is 1.97. The first-order valence-corrected chi connectivity index (χ1v) is 2.90. The molecule has 0 spiro atoms. The first-order valence-electron chi connectivity index (χ1n) is 2.90. The largest absolute Gasteiger partial charge is 0.393 e. The fourth-order valence-electron chi connectivity index (χ4n) is 0.666. The molecule has 56 valence electrons. The van der Waals surface area contributed by atoms with Gasteiger partial charge in [-0.1, -0.05) is 0 Å². The second kappa shape index (κ2) is 2.92. The number of ether oxygens (including phenoxy) is 1. The summed E-state index contributed by atoms with van der Waals surface area (Å²) in [5.74, 6) is -0.482. The number of carbonyl (C=O) groups excluding carboxylic acids is 1. The van der Waals surface area contributed by atoms with Gasteiger partial charge in [0.2, 0.25) is 12.1 Å². The van der Waals surface area contributed by atoms with Crippen LogP contribution in [0.5, 0.6) is 0 Å². The van der Waals surface area contributed by atoms with Crippen molar-refractivity contribution in [1.29, 1.82) is 0 Å². The summed E-state index contributed by atoms with van der Waals surface area (Å²) in [4.78, 5) is 10.5. The zero-order valence-corrected chi connectivity index (χ0v) is 5.23. The average molecular weight is 144 g/mol. The Labute approximate surface area is 57.7 Å². The van der Waals surface area contributed by atoms with Crippen molar-refractivity contribution in [1.82, 2.24) is 0 Å². The van der Waals surface area contributed by atoms with Gasteiger partial charge in [0, 0.05) is 0 Å². The lowest BCUT2D eigenvalue weighted by molar-refractivity contribution is -0.164. The fourth-order valence-corrected chi connectivity index (χ4v) is 0.666. The summed E-state index contributed by atoms with van der Waals surface area (Å²) in [5.41, 5.74) is 0. The molecule has 2 atom stereocenters. The number of aliphatic hydroxyl groups is 2. The minimum atomic E-state index is -1.40. The van der Waals surface area contributed by atoms with E-state index in [-0.39, 0.29) is 6.61 Å². The monoisotopic (exact) mass is 144 g/mol. The zero-order chi connectivity index (χ0) is 7.56. The molecule has 4 nitrogen and oxygen atoms in total. The van der Waals surface area contributed by atoms with Crippen LogP contribution in [0, 0.1) is 0 Å². The number of hydrogen-bond acceptors (Lipinski definition) is 4. The maximum atomic E-state index is 10.5. The van der Waals surface area contributed by atoms with Crippen molar-refractivity contribution < 1.29 is 19.7 Å². The number of rotatable bonds is 1. The lowest BCUT2D eigenvalue weighted by Crippen LogP contribution is -2.33. The molecule has 0 unspecified atom stereocenters. The van der Waals surface area contributed by atoms with Crippen LogP contribution in [0.4, 0.5) is 0 Å². The molecule has 0 aliphatic carbocycles. The molecule has 1 aliphatic rings. The summed E-state index contributed by atoms with van der Waals surface area (Å²) >= 11 is 0. The van der Waals surface area contributed by atoms with Crippen LogP contribution in [0.1, 0.15) is 0 Å². The van der Waals surface area contributed by atoms with Gasteiger partial charge in [-0.15, -0.1) is 0 Å². The van der Waals surface area contributed by atoms with E-state index in [0.29, 0.717) is 0 Å². The highest BCUT2D eigenvalue weighted by atomic mass is 16.6. The normalized spacial score (nSPS) is 32.8. The van der Waals surface area contributed by atoms with E-state index in [4.69, 9.17) is 10.2 Å². The van der Waals surface area contributed by atoms with E-state index < -0.39 is 18.2 Å². The molecule has 0 saturated carbocycles. The van der Waals surface area contributed by atoms with E-state index in [1.54, 1.807) is 0 Å². The van der Waals surface area contributed by atoms with E-state index in [2.05, 4.69) is 4.74 Å². The SMILES string of the molecule is O=C1C=C[C@@H](CO)O[C@H]1O. The van der Waals surface area contributed by atoms with Crippen molar-refractivity contribution in [2.45, 2.75) is 12.4 Å². The van der Waals surface area contributed by atoms with Gasteiger partial charge < -0.3 is 14.9 Å². The molecule has 0 fully saturated rings. The molecule has 1 aliphatic heterocycles. The quantitative estimate of drug-likeness (QED) is 0.486. The Morgan fingerprint density at radius 2 is 2.40 bits per heavy atom. The molecule has 0 bridgehead atoms. The van der Waals surface area contributed by atoms with Crippen molar-refractivity contribution in [2.75, 3.05) is 6.61 Å². The third-order valence-corrected chi connectivity index (χ3v) is 1.20. The number of carbonyl (C=O) groups is 1. The molecule has 1 heterocycles. The van der Waals surface area contributed by atoms with Crippen molar-refractivity contribution >= 4 is 5.78 Å².